The smallest absolute Gasteiger partial charge is 0.229 e. The fraction of sp³-hybridized carbons (Fsp3) is 0.708. The Bertz CT molecular complexity index is 627. The lowest BCUT2D eigenvalue weighted by atomic mass is 9.75. The van der Waals surface area contributed by atoms with Gasteiger partial charge in [0.2, 0.25) is 5.91 Å². The van der Waals surface area contributed by atoms with Gasteiger partial charge in [0.15, 0.2) is 0 Å². The first kappa shape index (κ1) is 19.0. The van der Waals surface area contributed by atoms with Crippen LogP contribution in [0.25, 0.3) is 0 Å². The van der Waals surface area contributed by atoms with E-state index in [0.29, 0.717) is 17.9 Å². The van der Waals surface area contributed by atoms with Crippen molar-refractivity contribution in [1.29, 1.82) is 0 Å². The van der Waals surface area contributed by atoms with E-state index < -0.39 is 0 Å². The average molecular weight is 369 g/mol. The van der Waals surface area contributed by atoms with E-state index in [-0.39, 0.29) is 5.41 Å². The summed E-state index contributed by atoms with van der Waals surface area (Å²) in [4.78, 5) is 18.5. The molecule has 2 saturated heterocycles. The second kappa shape index (κ2) is 7.95. The van der Waals surface area contributed by atoms with Crippen LogP contribution in [0.2, 0.25) is 0 Å². The second-order valence-corrected chi connectivity index (χ2v) is 9.65. The first-order chi connectivity index (χ1) is 13.1. The standard InChI is InChI=1S/C24H36N2O/c1-19(2)18-26-22(16-20-8-4-3-5-9-20)17-24(23(26)27)12-14-25(15-13-24)21-10-6-7-11-21/h3-5,8-9,19,21-22H,6-7,10-18H2,1-2H3. The van der Waals surface area contributed by atoms with Crippen LogP contribution in [0.3, 0.4) is 0 Å². The molecule has 4 rings (SSSR count). The zero-order valence-corrected chi connectivity index (χ0v) is 17.2. The molecule has 1 unspecified atom stereocenters. The molecule has 0 aromatic heterocycles. The summed E-state index contributed by atoms with van der Waals surface area (Å²) in [5, 5.41) is 0. The summed E-state index contributed by atoms with van der Waals surface area (Å²) >= 11 is 0. The molecule has 3 aliphatic rings. The van der Waals surface area contributed by atoms with E-state index in [0.717, 1.165) is 51.4 Å². The summed E-state index contributed by atoms with van der Waals surface area (Å²) in [5.41, 5.74) is 1.29. The number of amides is 1. The third-order valence-electron chi connectivity index (χ3n) is 7.25. The molecule has 1 spiro atoms. The number of benzene rings is 1. The summed E-state index contributed by atoms with van der Waals surface area (Å²) in [6.07, 6.45) is 9.75. The van der Waals surface area contributed by atoms with Crippen molar-refractivity contribution in [3.8, 4) is 0 Å². The Morgan fingerprint density at radius 1 is 1.07 bits per heavy atom. The molecule has 3 heteroatoms. The predicted octanol–water partition coefficient (Wildman–Crippen LogP) is 4.51. The molecule has 0 bridgehead atoms. The largest absolute Gasteiger partial charge is 0.339 e. The van der Waals surface area contributed by atoms with E-state index in [4.69, 9.17) is 0 Å². The average Bonchev–Trinajstić information content (AvgIpc) is 3.28. The lowest BCUT2D eigenvalue weighted by Gasteiger charge is -2.40. The van der Waals surface area contributed by atoms with Crippen LogP contribution in [0.1, 0.15) is 64.4 Å². The molecule has 1 saturated carbocycles. The number of nitrogens with zero attached hydrogens (tertiary/aromatic N) is 2. The molecule has 0 N–H and O–H groups in total. The molecule has 1 amide bonds. The van der Waals surface area contributed by atoms with Crippen LogP contribution < -0.4 is 0 Å². The van der Waals surface area contributed by atoms with Gasteiger partial charge in [0.1, 0.15) is 0 Å². The van der Waals surface area contributed by atoms with Gasteiger partial charge < -0.3 is 9.80 Å². The van der Waals surface area contributed by atoms with E-state index >= 15 is 0 Å². The van der Waals surface area contributed by atoms with Gasteiger partial charge in [-0.05, 0) is 63.1 Å². The summed E-state index contributed by atoms with van der Waals surface area (Å²) in [6, 6.07) is 11.9. The zero-order valence-electron chi connectivity index (χ0n) is 17.2. The predicted molar refractivity (Wildman–Crippen MR) is 111 cm³/mol. The lowest BCUT2D eigenvalue weighted by Crippen LogP contribution is -2.47. The minimum Gasteiger partial charge on any atom is -0.339 e. The molecule has 1 atom stereocenters. The molecule has 148 valence electrons. The van der Waals surface area contributed by atoms with Crippen molar-refractivity contribution in [2.24, 2.45) is 11.3 Å². The highest BCUT2D eigenvalue weighted by molar-refractivity contribution is 5.85. The van der Waals surface area contributed by atoms with Crippen molar-refractivity contribution in [2.45, 2.75) is 77.3 Å². The number of piperidine rings is 1. The van der Waals surface area contributed by atoms with Crippen LogP contribution in [-0.2, 0) is 11.2 Å². The monoisotopic (exact) mass is 368 g/mol. The normalized spacial score (nSPS) is 26.6. The maximum atomic E-state index is 13.6. The number of carbonyl (C=O) groups is 1. The van der Waals surface area contributed by atoms with Crippen molar-refractivity contribution in [1.82, 2.24) is 9.80 Å². The van der Waals surface area contributed by atoms with Gasteiger partial charge in [-0.15, -0.1) is 0 Å². The molecule has 3 fully saturated rings. The van der Waals surface area contributed by atoms with Gasteiger partial charge in [0.25, 0.3) is 0 Å². The van der Waals surface area contributed by atoms with Crippen molar-refractivity contribution in [3.05, 3.63) is 35.9 Å². The fourth-order valence-corrected chi connectivity index (χ4v) is 5.82. The van der Waals surface area contributed by atoms with Gasteiger partial charge in [-0.3, -0.25) is 4.79 Å². The van der Waals surface area contributed by atoms with E-state index in [1.165, 1.54) is 31.2 Å². The fourth-order valence-electron chi connectivity index (χ4n) is 5.82. The Morgan fingerprint density at radius 2 is 1.74 bits per heavy atom. The summed E-state index contributed by atoms with van der Waals surface area (Å²) in [5.74, 6) is 0.990. The molecular weight excluding hydrogens is 332 g/mol. The van der Waals surface area contributed by atoms with Crippen LogP contribution in [0, 0.1) is 11.3 Å². The van der Waals surface area contributed by atoms with Gasteiger partial charge in [-0.25, -0.2) is 0 Å². The second-order valence-electron chi connectivity index (χ2n) is 9.65. The van der Waals surface area contributed by atoms with Gasteiger partial charge in [-0.2, -0.15) is 0 Å². The minimum absolute atomic E-state index is 0.0799. The number of hydrogen-bond acceptors (Lipinski definition) is 2. The van der Waals surface area contributed by atoms with Crippen LogP contribution >= 0.6 is 0 Å². The highest BCUT2D eigenvalue weighted by Gasteiger charge is 2.52. The van der Waals surface area contributed by atoms with Gasteiger partial charge in [0.05, 0.1) is 5.41 Å². The number of rotatable bonds is 5. The number of carbonyl (C=O) groups excluding carboxylic acids is 1. The van der Waals surface area contributed by atoms with E-state index in [9.17, 15) is 4.79 Å². The van der Waals surface area contributed by atoms with Crippen molar-refractivity contribution < 1.29 is 4.79 Å². The van der Waals surface area contributed by atoms with Crippen LogP contribution in [0.15, 0.2) is 30.3 Å². The zero-order chi connectivity index (χ0) is 18.9. The molecule has 0 radical (unpaired) electrons. The van der Waals surface area contributed by atoms with Gasteiger partial charge in [-0.1, -0.05) is 57.0 Å². The molecule has 2 heterocycles. The Balaban J connectivity index is 1.47. The summed E-state index contributed by atoms with van der Waals surface area (Å²) in [6.45, 7) is 7.64. The lowest BCUT2D eigenvalue weighted by molar-refractivity contribution is -0.139. The van der Waals surface area contributed by atoms with Crippen molar-refractivity contribution in [2.75, 3.05) is 19.6 Å². The van der Waals surface area contributed by atoms with Gasteiger partial charge in [0, 0.05) is 18.6 Å². The van der Waals surface area contributed by atoms with E-state index in [2.05, 4.69) is 54.0 Å². The minimum atomic E-state index is -0.0799. The summed E-state index contributed by atoms with van der Waals surface area (Å²) < 4.78 is 0. The van der Waals surface area contributed by atoms with Crippen LogP contribution in [0.5, 0.6) is 0 Å². The molecule has 3 nitrogen and oxygen atoms in total. The Hall–Kier alpha value is -1.35. The first-order valence-electron chi connectivity index (χ1n) is 11.2. The number of hydrogen-bond donors (Lipinski definition) is 0. The van der Waals surface area contributed by atoms with Crippen molar-refractivity contribution in [3.63, 3.8) is 0 Å². The molecule has 1 aromatic rings. The third kappa shape index (κ3) is 3.94. The summed E-state index contributed by atoms with van der Waals surface area (Å²) in [7, 11) is 0. The molecular formula is C24H36N2O. The molecule has 27 heavy (non-hydrogen) atoms. The number of likely N-dealkylation sites (tertiary alicyclic amines) is 2. The quantitative estimate of drug-likeness (QED) is 0.763. The Labute approximate surface area is 165 Å². The van der Waals surface area contributed by atoms with E-state index in [1.807, 2.05) is 0 Å². The SMILES string of the molecule is CC(C)CN1C(=O)C2(CCN(C3CCCC3)CC2)CC1Cc1ccccc1. The molecule has 2 aliphatic heterocycles. The van der Waals surface area contributed by atoms with E-state index in [1.54, 1.807) is 0 Å². The Morgan fingerprint density at radius 3 is 2.37 bits per heavy atom. The molecule has 1 aliphatic carbocycles. The highest BCUT2D eigenvalue weighted by atomic mass is 16.2. The topological polar surface area (TPSA) is 23.6 Å². The van der Waals surface area contributed by atoms with Crippen molar-refractivity contribution >= 4 is 5.91 Å². The van der Waals surface area contributed by atoms with Crippen LogP contribution in [-0.4, -0.2) is 47.4 Å². The maximum Gasteiger partial charge on any atom is 0.229 e. The first-order valence-corrected chi connectivity index (χ1v) is 11.2. The maximum absolute atomic E-state index is 13.6. The highest BCUT2D eigenvalue weighted by Crippen LogP contribution is 2.46. The Kier molecular flexibility index (Phi) is 5.59. The third-order valence-corrected chi connectivity index (χ3v) is 7.25. The molecule has 1 aromatic carbocycles. The van der Waals surface area contributed by atoms with Crippen LogP contribution in [0.4, 0.5) is 0 Å². The van der Waals surface area contributed by atoms with Gasteiger partial charge >= 0.3 is 0 Å².